The molecule has 0 amide bonds. The molecule has 0 bridgehead atoms. The highest BCUT2D eigenvalue weighted by atomic mass is 32.2. The van der Waals surface area contributed by atoms with Gasteiger partial charge in [-0.15, -0.1) is 11.8 Å². The standard InChI is InChI=1S/C17H26N2S/c1-2-7-16(8-3-1)20-13-12-19-11-5-6-15(14-19)17-9-4-10-18-17/h1-3,7-8,15,17-18H,4-6,9-14H2. The van der Waals surface area contributed by atoms with Gasteiger partial charge >= 0.3 is 0 Å². The summed E-state index contributed by atoms with van der Waals surface area (Å²) >= 11 is 1.99. The summed E-state index contributed by atoms with van der Waals surface area (Å²) < 4.78 is 0. The number of piperidine rings is 1. The second-order valence-electron chi connectivity index (χ2n) is 6.07. The summed E-state index contributed by atoms with van der Waals surface area (Å²) in [6.07, 6.45) is 5.60. The van der Waals surface area contributed by atoms with Crippen LogP contribution in [0, 0.1) is 5.92 Å². The van der Waals surface area contributed by atoms with Crippen molar-refractivity contribution in [2.75, 3.05) is 31.9 Å². The van der Waals surface area contributed by atoms with Gasteiger partial charge in [0.05, 0.1) is 0 Å². The van der Waals surface area contributed by atoms with Crippen molar-refractivity contribution in [1.82, 2.24) is 10.2 Å². The molecule has 3 heteroatoms. The van der Waals surface area contributed by atoms with Crippen molar-refractivity contribution in [3.8, 4) is 0 Å². The molecule has 1 N–H and O–H groups in total. The molecule has 0 spiro atoms. The average molecular weight is 290 g/mol. The SMILES string of the molecule is c1ccc(SCCN2CCCC(C3CCCN3)C2)cc1. The van der Waals surface area contributed by atoms with Gasteiger partial charge in [0.1, 0.15) is 0 Å². The fraction of sp³-hybridized carbons (Fsp3) is 0.647. The molecule has 0 radical (unpaired) electrons. The number of nitrogens with zero attached hydrogens (tertiary/aromatic N) is 1. The third-order valence-electron chi connectivity index (χ3n) is 4.63. The van der Waals surface area contributed by atoms with E-state index in [1.165, 1.54) is 62.5 Å². The third kappa shape index (κ3) is 4.00. The number of rotatable bonds is 5. The van der Waals surface area contributed by atoms with Crippen LogP contribution >= 0.6 is 11.8 Å². The van der Waals surface area contributed by atoms with E-state index in [1.807, 2.05) is 11.8 Å². The second kappa shape index (κ2) is 7.48. The largest absolute Gasteiger partial charge is 0.314 e. The molecule has 1 aromatic carbocycles. The predicted molar refractivity (Wildman–Crippen MR) is 87.4 cm³/mol. The van der Waals surface area contributed by atoms with E-state index in [9.17, 15) is 0 Å². The van der Waals surface area contributed by atoms with Gasteiger partial charge < -0.3 is 10.2 Å². The molecule has 0 saturated carbocycles. The Morgan fingerprint density at radius 3 is 2.85 bits per heavy atom. The number of hydrogen-bond acceptors (Lipinski definition) is 3. The minimum Gasteiger partial charge on any atom is -0.314 e. The molecule has 2 fully saturated rings. The van der Waals surface area contributed by atoms with Crippen molar-refractivity contribution >= 4 is 11.8 Å². The molecule has 2 nitrogen and oxygen atoms in total. The summed E-state index contributed by atoms with van der Waals surface area (Å²) in [4.78, 5) is 4.09. The van der Waals surface area contributed by atoms with E-state index in [0.29, 0.717) is 0 Å². The summed E-state index contributed by atoms with van der Waals surface area (Å²) in [6.45, 7) is 5.10. The first-order valence-electron chi connectivity index (χ1n) is 8.05. The summed E-state index contributed by atoms with van der Waals surface area (Å²) in [5.74, 6) is 2.11. The van der Waals surface area contributed by atoms with Crippen LogP contribution in [0.15, 0.2) is 35.2 Å². The Bertz CT molecular complexity index is 389. The van der Waals surface area contributed by atoms with Crippen LogP contribution in [0.2, 0.25) is 0 Å². The molecule has 2 aliphatic rings. The second-order valence-corrected chi connectivity index (χ2v) is 7.24. The molecule has 0 aliphatic carbocycles. The molecule has 2 saturated heterocycles. The molecule has 2 heterocycles. The normalized spacial score (nSPS) is 27.8. The van der Waals surface area contributed by atoms with Crippen molar-refractivity contribution in [2.24, 2.45) is 5.92 Å². The van der Waals surface area contributed by atoms with Crippen LogP contribution in [0.4, 0.5) is 0 Å². The van der Waals surface area contributed by atoms with Crippen LogP contribution in [0.25, 0.3) is 0 Å². The number of likely N-dealkylation sites (tertiary alicyclic amines) is 1. The van der Waals surface area contributed by atoms with E-state index in [-0.39, 0.29) is 0 Å². The molecule has 3 rings (SSSR count). The van der Waals surface area contributed by atoms with E-state index in [0.717, 1.165) is 12.0 Å². The lowest BCUT2D eigenvalue weighted by Crippen LogP contribution is -2.44. The van der Waals surface area contributed by atoms with E-state index in [2.05, 4.69) is 40.5 Å². The monoisotopic (exact) mass is 290 g/mol. The van der Waals surface area contributed by atoms with Gasteiger partial charge in [0.25, 0.3) is 0 Å². The summed E-state index contributed by atoms with van der Waals surface area (Å²) in [5.41, 5.74) is 0. The first kappa shape index (κ1) is 14.4. The first-order valence-corrected chi connectivity index (χ1v) is 9.04. The van der Waals surface area contributed by atoms with Gasteiger partial charge in [0.15, 0.2) is 0 Å². The van der Waals surface area contributed by atoms with Crippen LogP contribution in [-0.2, 0) is 0 Å². The van der Waals surface area contributed by atoms with Crippen LogP contribution in [-0.4, -0.2) is 42.9 Å². The number of benzene rings is 1. The Morgan fingerprint density at radius 2 is 2.05 bits per heavy atom. The summed E-state index contributed by atoms with van der Waals surface area (Å²) in [5, 5.41) is 3.70. The molecule has 110 valence electrons. The smallest absolute Gasteiger partial charge is 0.0108 e. The molecule has 2 aliphatic heterocycles. The zero-order valence-corrected chi connectivity index (χ0v) is 13.1. The minimum atomic E-state index is 0.805. The van der Waals surface area contributed by atoms with E-state index in [4.69, 9.17) is 0 Å². The third-order valence-corrected chi connectivity index (χ3v) is 5.62. The predicted octanol–water partition coefficient (Wildman–Crippen LogP) is 3.24. The molecule has 0 aromatic heterocycles. The minimum absolute atomic E-state index is 0.805. The molecule has 2 unspecified atom stereocenters. The quantitative estimate of drug-likeness (QED) is 0.838. The lowest BCUT2D eigenvalue weighted by Gasteiger charge is -2.35. The first-order chi connectivity index (χ1) is 9.92. The molecule has 20 heavy (non-hydrogen) atoms. The topological polar surface area (TPSA) is 15.3 Å². The fourth-order valence-corrected chi connectivity index (χ4v) is 4.48. The van der Waals surface area contributed by atoms with Crippen molar-refractivity contribution in [3.05, 3.63) is 30.3 Å². The zero-order chi connectivity index (χ0) is 13.6. The van der Waals surface area contributed by atoms with Crippen molar-refractivity contribution in [3.63, 3.8) is 0 Å². The van der Waals surface area contributed by atoms with E-state index < -0.39 is 0 Å². The highest BCUT2D eigenvalue weighted by molar-refractivity contribution is 7.99. The molecular formula is C17H26N2S. The van der Waals surface area contributed by atoms with Gasteiger partial charge in [-0.05, 0) is 56.8 Å². The summed E-state index contributed by atoms with van der Waals surface area (Å²) in [7, 11) is 0. The number of hydrogen-bond donors (Lipinski definition) is 1. The van der Waals surface area contributed by atoms with Crippen molar-refractivity contribution in [1.29, 1.82) is 0 Å². The molecule has 1 aromatic rings. The van der Waals surface area contributed by atoms with Crippen LogP contribution in [0.5, 0.6) is 0 Å². The number of thioether (sulfide) groups is 1. The maximum absolute atomic E-state index is 3.70. The van der Waals surface area contributed by atoms with Gasteiger partial charge in [-0.25, -0.2) is 0 Å². The Kier molecular flexibility index (Phi) is 5.40. The van der Waals surface area contributed by atoms with Crippen LogP contribution < -0.4 is 5.32 Å². The van der Waals surface area contributed by atoms with Crippen molar-refractivity contribution in [2.45, 2.75) is 36.6 Å². The number of nitrogens with one attached hydrogen (secondary N) is 1. The van der Waals surface area contributed by atoms with E-state index >= 15 is 0 Å². The van der Waals surface area contributed by atoms with Crippen LogP contribution in [0.3, 0.4) is 0 Å². The Hall–Kier alpha value is -0.510. The Morgan fingerprint density at radius 1 is 1.15 bits per heavy atom. The maximum atomic E-state index is 3.70. The Labute approximate surface area is 127 Å². The lowest BCUT2D eigenvalue weighted by molar-refractivity contribution is 0.159. The van der Waals surface area contributed by atoms with Gasteiger partial charge in [-0.1, -0.05) is 18.2 Å². The van der Waals surface area contributed by atoms with Crippen molar-refractivity contribution < 1.29 is 0 Å². The lowest BCUT2D eigenvalue weighted by atomic mass is 9.90. The van der Waals surface area contributed by atoms with Gasteiger partial charge in [-0.3, -0.25) is 0 Å². The highest BCUT2D eigenvalue weighted by Gasteiger charge is 2.28. The fourth-order valence-electron chi connectivity index (χ4n) is 3.55. The highest BCUT2D eigenvalue weighted by Crippen LogP contribution is 2.25. The summed E-state index contributed by atoms with van der Waals surface area (Å²) in [6, 6.07) is 11.6. The van der Waals surface area contributed by atoms with Gasteiger partial charge in [0, 0.05) is 29.8 Å². The van der Waals surface area contributed by atoms with Gasteiger partial charge in [0.2, 0.25) is 0 Å². The average Bonchev–Trinajstić information content (AvgIpc) is 3.03. The van der Waals surface area contributed by atoms with E-state index in [1.54, 1.807) is 0 Å². The van der Waals surface area contributed by atoms with Crippen LogP contribution in [0.1, 0.15) is 25.7 Å². The van der Waals surface area contributed by atoms with Gasteiger partial charge in [-0.2, -0.15) is 0 Å². The zero-order valence-electron chi connectivity index (χ0n) is 12.3. The maximum Gasteiger partial charge on any atom is 0.0108 e. The molecular weight excluding hydrogens is 264 g/mol. The Balaban J connectivity index is 1.41. The molecule has 2 atom stereocenters.